The van der Waals surface area contributed by atoms with E-state index in [0.717, 1.165) is 17.6 Å². The Bertz CT molecular complexity index is 1110. The van der Waals surface area contributed by atoms with Crippen LogP contribution in [-0.4, -0.2) is 26.9 Å². The van der Waals surface area contributed by atoms with E-state index in [1.165, 1.54) is 0 Å². The fourth-order valence-electron chi connectivity index (χ4n) is 3.45. The van der Waals surface area contributed by atoms with Gasteiger partial charge in [0.2, 0.25) is 0 Å². The molecule has 2 aliphatic rings. The number of rotatable bonds is 8. The van der Waals surface area contributed by atoms with E-state index in [9.17, 15) is 4.79 Å². The molecule has 1 aliphatic carbocycles. The summed E-state index contributed by atoms with van der Waals surface area (Å²) in [6, 6.07) is 16.8. The van der Waals surface area contributed by atoms with Crippen molar-refractivity contribution in [2.24, 2.45) is 0 Å². The van der Waals surface area contributed by atoms with Gasteiger partial charge in [-0.25, -0.2) is 4.79 Å². The summed E-state index contributed by atoms with van der Waals surface area (Å²) in [5, 5.41) is 2.75. The Morgan fingerprint density at radius 1 is 0.970 bits per heavy atom. The number of allylic oxidation sites excluding steroid dienone is 4. The normalized spacial score (nSPS) is 14.7. The largest absolute Gasteiger partial charge is 0.497 e. The van der Waals surface area contributed by atoms with Gasteiger partial charge in [0.25, 0.3) is 0 Å². The number of hydrogen-bond donors (Lipinski definition) is 1. The molecule has 0 aromatic heterocycles. The molecule has 0 unspecified atom stereocenters. The number of carbonyl (C=O) groups excluding carboxylic acids is 1. The fraction of sp³-hybridized carbons (Fsp3) is 0.192. The molecule has 1 N–H and O–H groups in total. The Morgan fingerprint density at radius 3 is 2.45 bits per heavy atom. The second kappa shape index (κ2) is 10.5. The average molecular weight is 447 g/mol. The molecule has 1 amide bonds. The summed E-state index contributed by atoms with van der Waals surface area (Å²) in [4.78, 5) is 12.0. The minimum Gasteiger partial charge on any atom is -0.497 e. The standard InChI is InChI=1S/C26H25NO6/c1-29-24-16-21-22(13-15-31-23(21)17-25(24)30-2)32-19-8-10-20(11-9-19)33-26(28)27-14-12-18-6-4-3-5-7-18/h3-11,13,15,17H,12,14,16H2,1-2H3,(H,27,28). The van der Waals surface area contributed by atoms with Crippen molar-refractivity contribution in [2.75, 3.05) is 20.8 Å². The van der Waals surface area contributed by atoms with Gasteiger partial charge in [-0.2, -0.15) is 0 Å². The van der Waals surface area contributed by atoms with Crippen LogP contribution in [-0.2, 0) is 20.6 Å². The van der Waals surface area contributed by atoms with Gasteiger partial charge in [0, 0.05) is 30.7 Å². The molecule has 4 rings (SSSR count). The van der Waals surface area contributed by atoms with Crippen LogP contribution in [0.25, 0.3) is 0 Å². The maximum Gasteiger partial charge on any atom is 0.412 e. The SMILES string of the molecule is COC1=C(OC)CC2=C(Oc3ccc(OC(=O)NCCc4ccccc4)cc3)C=COC2=C1. The number of ether oxygens (including phenoxy) is 5. The quantitative estimate of drug-likeness (QED) is 0.615. The first-order chi connectivity index (χ1) is 16.2. The molecule has 1 aliphatic heterocycles. The van der Waals surface area contributed by atoms with E-state index in [1.54, 1.807) is 56.9 Å². The van der Waals surface area contributed by atoms with E-state index in [-0.39, 0.29) is 0 Å². The topological polar surface area (TPSA) is 75.2 Å². The molecule has 0 fully saturated rings. The summed E-state index contributed by atoms with van der Waals surface area (Å²) in [6.45, 7) is 0.494. The van der Waals surface area contributed by atoms with Crippen molar-refractivity contribution in [3.8, 4) is 11.5 Å². The first kappa shape index (κ1) is 22.1. The third kappa shape index (κ3) is 5.57. The van der Waals surface area contributed by atoms with Crippen molar-refractivity contribution in [2.45, 2.75) is 12.8 Å². The maximum absolute atomic E-state index is 12.0. The summed E-state index contributed by atoms with van der Waals surface area (Å²) in [6.07, 6.45) is 5.81. The number of benzene rings is 2. The highest BCUT2D eigenvalue weighted by Gasteiger charge is 2.26. The van der Waals surface area contributed by atoms with E-state index in [2.05, 4.69) is 5.32 Å². The van der Waals surface area contributed by atoms with Crippen molar-refractivity contribution in [3.63, 3.8) is 0 Å². The minimum absolute atomic E-state index is 0.423. The van der Waals surface area contributed by atoms with Gasteiger partial charge < -0.3 is 29.0 Å². The van der Waals surface area contributed by atoms with Crippen LogP contribution in [0.4, 0.5) is 4.79 Å². The van der Waals surface area contributed by atoms with Gasteiger partial charge in [-0.15, -0.1) is 0 Å². The second-order valence-electron chi connectivity index (χ2n) is 7.27. The molecule has 2 aromatic carbocycles. The number of methoxy groups -OCH3 is 2. The smallest absolute Gasteiger partial charge is 0.412 e. The van der Waals surface area contributed by atoms with E-state index in [1.807, 2.05) is 30.3 Å². The number of fused-ring (bicyclic) bond motifs is 1. The van der Waals surface area contributed by atoms with Gasteiger partial charge in [-0.1, -0.05) is 30.3 Å². The Labute approximate surface area is 192 Å². The molecule has 0 saturated carbocycles. The predicted molar refractivity (Wildman–Crippen MR) is 122 cm³/mol. The molecule has 170 valence electrons. The first-order valence-electron chi connectivity index (χ1n) is 10.5. The van der Waals surface area contributed by atoms with Gasteiger partial charge in [0.1, 0.15) is 28.8 Å². The molecule has 0 saturated heterocycles. The molecule has 0 bridgehead atoms. The zero-order valence-electron chi connectivity index (χ0n) is 18.5. The molecular weight excluding hydrogens is 422 g/mol. The minimum atomic E-state index is -0.498. The first-order valence-corrected chi connectivity index (χ1v) is 10.5. The molecule has 7 nitrogen and oxygen atoms in total. The lowest BCUT2D eigenvalue weighted by atomic mass is 10.00. The Balaban J connectivity index is 1.34. The second-order valence-corrected chi connectivity index (χ2v) is 7.27. The molecular formula is C26H25NO6. The van der Waals surface area contributed by atoms with Crippen LogP contribution in [0.2, 0.25) is 0 Å². The van der Waals surface area contributed by atoms with Crippen molar-refractivity contribution in [3.05, 3.63) is 107 Å². The van der Waals surface area contributed by atoms with Gasteiger partial charge in [0.15, 0.2) is 5.76 Å². The van der Waals surface area contributed by atoms with Crippen LogP contribution in [0.3, 0.4) is 0 Å². The lowest BCUT2D eigenvalue weighted by Crippen LogP contribution is -2.28. The van der Waals surface area contributed by atoms with Crippen molar-refractivity contribution >= 4 is 6.09 Å². The summed E-state index contributed by atoms with van der Waals surface area (Å²) < 4.78 is 27.8. The molecule has 0 atom stereocenters. The van der Waals surface area contributed by atoms with Gasteiger partial charge in [-0.05, 0) is 36.2 Å². The van der Waals surface area contributed by atoms with Gasteiger partial charge in [-0.3, -0.25) is 0 Å². The maximum atomic E-state index is 12.0. The number of carbonyl (C=O) groups is 1. The van der Waals surface area contributed by atoms with Crippen molar-refractivity contribution in [1.29, 1.82) is 0 Å². The number of hydrogen-bond acceptors (Lipinski definition) is 6. The molecule has 7 heteroatoms. The zero-order chi connectivity index (χ0) is 23.0. The van der Waals surface area contributed by atoms with Crippen LogP contribution >= 0.6 is 0 Å². The van der Waals surface area contributed by atoms with E-state index >= 15 is 0 Å². The third-order valence-electron chi connectivity index (χ3n) is 5.14. The average Bonchev–Trinajstić information content (AvgIpc) is 2.85. The highest BCUT2D eigenvalue weighted by molar-refractivity contribution is 5.70. The van der Waals surface area contributed by atoms with E-state index in [0.29, 0.717) is 47.5 Å². The molecule has 33 heavy (non-hydrogen) atoms. The lowest BCUT2D eigenvalue weighted by molar-refractivity contribution is 0.200. The summed E-state index contributed by atoms with van der Waals surface area (Å²) in [7, 11) is 3.19. The predicted octanol–water partition coefficient (Wildman–Crippen LogP) is 4.99. The summed E-state index contributed by atoms with van der Waals surface area (Å²) >= 11 is 0. The summed E-state index contributed by atoms with van der Waals surface area (Å²) in [5.41, 5.74) is 2.01. The highest BCUT2D eigenvalue weighted by Crippen LogP contribution is 2.36. The molecule has 1 heterocycles. The Hall–Kier alpha value is -4.13. The van der Waals surface area contributed by atoms with Crippen molar-refractivity contribution in [1.82, 2.24) is 5.32 Å². The van der Waals surface area contributed by atoms with Gasteiger partial charge >= 0.3 is 6.09 Å². The van der Waals surface area contributed by atoms with E-state index < -0.39 is 6.09 Å². The van der Waals surface area contributed by atoms with Crippen LogP contribution in [0, 0.1) is 0 Å². The van der Waals surface area contributed by atoms with Crippen LogP contribution in [0.15, 0.2) is 102 Å². The summed E-state index contributed by atoms with van der Waals surface area (Å²) in [5.74, 6) is 3.63. The van der Waals surface area contributed by atoms with Crippen LogP contribution in [0.1, 0.15) is 12.0 Å². The van der Waals surface area contributed by atoms with Crippen LogP contribution in [0.5, 0.6) is 11.5 Å². The zero-order valence-corrected chi connectivity index (χ0v) is 18.5. The number of nitrogens with one attached hydrogen (secondary N) is 1. The van der Waals surface area contributed by atoms with Gasteiger partial charge in [0.05, 0.1) is 20.5 Å². The molecule has 2 aromatic rings. The Morgan fingerprint density at radius 2 is 1.73 bits per heavy atom. The Kier molecular flexibility index (Phi) is 6.99. The lowest BCUT2D eigenvalue weighted by Gasteiger charge is -2.24. The third-order valence-corrected chi connectivity index (χ3v) is 5.14. The molecule has 0 spiro atoms. The van der Waals surface area contributed by atoms with Crippen LogP contribution < -0.4 is 14.8 Å². The highest BCUT2D eigenvalue weighted by atomic mass is 16.6. The fourth-order valence-corrected chi connectivity index (χ4v) is 3.45. The monoisotopic (exact) mass is 447 g/mol. The molecule has 0 radical (unpaired) electrons. The van der Waals surface area contributed by atoms with E-state index in [4.69, 9.17) is 23.7 Å². The number of amides is 1. The van der Waals surface area contributed by atoms with Crippen molar-refractivity contribution < 1.29 is 28.5 Å².